The average molecular weight is 218 g/mol. The number of rotatable bonds is 4. The summed E-state index contributed by atoms with van der Waals surface area (Å²) in [6.45, 7) is 0.385. The smallest absolute Gasteiger partial charge is 0.138 e. The average Bonchev–Trinajstić information content (AvgIpc) is 2.17. The minimum Gasteiger partial charge on any atom is -0.508 e. The Balaban J connectivity index is 2.92. The van der Waals surface area contributed by atoms with Gasteiger partial charge in [-0.2, -0.15) is 5.48 Å². The molecule has 78 valence electrons. The lowest BCUT2D eigenvalue weighted by Crippen LogP contribution is -2.10. The van der Waals surface area contributed by atoms with Gasteiger partial charge in [-0.1, -0.05) is 11.6 Å². The van der Waals surface area contributed by atoms with Crippen molar-refractivity contribution >= 4 is 11.6 Å². The first-order valence-electron chi connectivity index (χ1n) is 4.00. The van der Waals surface area contributed by atoms with E-state index in [9.17, 15) is 5.11 Å². The van der Waals surface area contributed by atoms with Crippen LogP contribution in [0.4, 0.5) is 0 Å². The van der Waals surface area contributed by atoms with Crippen LogP contribution < -0.4 is 10.2 Å². The summed E-state index contributed by atoms with van der Waals surface area (Å²) in [7, 11) is 3.02. The second-order valence-electron chi connectivity index (χ2n) is 2.64. The van der Waals surface area contributed by atoms with Gasteiger partial charge in [-0.3, -0.25) is 0 Å². The molecule has 1 rings (SSSR count). The summed E-state index contributed by atoms with van der Waals surface area (Å²) in [5, 5.41) is 9.88. The van der Waals surface area contributed by atoms with Crippen LogP contribution >= 0.6 is 11.6 Å². The fraction of sp³-hybridized carbons (Fsp3) is 0.333. The number of halogens is 1. The highest BCUT2D eigenvalue weighted by atomic mass is 35.5. The lowest BCUT2D eigenvalue weighted by atomic mass is 10.2. The predicted octanol–water partition coefficient (Wildman–Crippen LogP) is 1.71. The number of ether oxygens (including phenoxy) is 1. The van der Waals surface area contributed by atoms with Crippen molar-refractivity contribution in [2.24, 2.45) is 0 Å². The zero-order chi connectivity index (χ0) is 10.6. The lowest BCUT2D eigenvalue weighted by Gasteiger charge is -2.09. The molecule has 0 aliphatic rings. The van der Waals surface area contributed by atoms with Crippen LogP contribution in [0.3, 0.4) is 0 Å². The van der Waals surface area contributed by atoms with E-state index in [1.54, 1.807) is 6.07 Å². The Bertz CT molecular complexity index is 317. The minimum atomic E-state index is 0.111. The number of hydrogen-bond acceptors (Lipinski definition) is 4. The first-order chi connectivity index (χ1) is 6.69. The molecule has 0 aromatic heterocycles. The van der Waals surface area contributed by atoms with Crippen molar-refractivity contribution in [2.75, 3.05) is 14.2 Å². The highest BCUT2D eigenvalue weighted by Gasteiger charge is 2.07. The maximum atomic E-state index is 9.50. The van der Waals surface area contributed by atoms with Gasteiger partial charge in [-0.05, 0) is 6.07 Å². The second-order valence-corrected chi connectivity index (χ2v) is 3.05. The van der Waals surface area contributed by atoms with Crippen LogP contribution in [0.15, 0.2) is 12.1 Å². The maximum Gasteiger partial charge on any atom is 0.138 e. The SMILES string of the molecule is CONCc1cc(OC)c(Cl)cc1O. The van der Waals surface area contributed by atoms with Crippen LogP contribution in [0.25, 0.3) is 0 Å². The van der Waals surface area contributed by atoms with Crippen molar-refractivity contribution in [2.45, 2.75) is 6.54 Å². The summed E-state index contributed by atoms with van der Waals surface area (Å²) in [6.07, 6.45) is 0. The molecule has 0 atom stereocenters. The van der Waals surface area contributed by atoms with Crippen molar-refractivity contribution < 1.29 is 14.7 Å². The van der Waals surface area contributed by atoms with Gasteiger partial charge in [-0.15, -0.1) is 0 Å². The van der Waals surface area contributed by atoms with Crippen molar-refractivity contribution in [3.05, 3.63) is 22.7 Å². The van der Waals surface area contributed by atoms with Crippen molar-refractivity contribution in [1.29, 1.82) is 0 Å². The zero-order valence-corrected chi connectivity index (χ0v) is 8.76. The molecule has 0 fully saturated rings. The predicted molar refractivity (Wildman–Crippen MR) is 53.5 cm³/mol. The molecule has 0 aliphatic heterocycles. The fourth-order valence-corrected chi connectivity index (χ4v) is 1.27. The first-order valence-corrected chi connectivity index (χ1v) is 4.38. The molecule has 14 heavy (non-hydrogen) atoms. The van der Waals surface area contributed by atoms with Crippen LogP contribution in [0, 0.1) is 0 Å². The monoisotopic (exact) mass is 217 g/mol. The van der Waals surface area contributed by atoms with E-state index < -0.39 is 0 Å². The molecule has 0 aliphatic carbocycles. The van der Waals surface area contributed by atoms with Gasteiger partial charge in [0.05, 0.1) is 19.2 Å². The molecule has 0 saturated carbocycles. The molecule has 0 saturated heterocycles. The highest BCUT2D eigenvalue weighted by molar-refractivity contribution is 6.32. The van der Waals surface area contributed by atoms with Crippen molar-refractivity contribution in [1.82, 2.24) is 5.48 Å². The van der Waals surface area contributed by atoms with E-state index in [1.165, 1.54) is 20.3 Å². The van der Waals surface area contributed by atoms with Gasteiger partial charge in [0.2, 0.25) is 0 Å². The van der Waals surface area contributed by atoms with Crippen LogP contribution in [0.5, 0.6) is 11.5 Å². The van der Waals surface area contributed by atoms with E-state index in [2.05, 4.69) is 10.3 Å². The summed E-state index contributed by atoms with van der Waals surface area (Å²) < 4.78 is 5.01. The Morgan fingerprint density at radius 2 is 2.14 bits per heavy atom. The molecule has 2 N–H and O–H groups in total. The molecule has 0 amide bonds. The van der Waals surface area contributed by atoms with Gasteiger partial charge in [0.15, 0.2) is 0 Å². The van der Waals surface area contributed by atoms with Gasteiger partial charge in [-0.25, -0.2) is 0 Å². The van der Waals surface area contributed by atoms with Crippen LogP contribution in [0.2, 0.25) is 5.02 Å². The van der Waals surface area contributed by atoms with E-state index in [4.69, 9.17) is 16.3 Å². The summed E-state index contributed by atoms with van der Waals surface area (Å²) in [6, 6.07) is 3.09. The van der Waals surface area contributed by atoms with Gasteiger partial charge in [0.1, 0.15) is 11.5 Å². The molecule has 4 nitrogen and oxygen atoms in total. The quantitative estimate of drug-likeness (QED) is 0.754. The number of hydrogen-bond donors (Lipinski definition) is 2. The van der Waals surface area contributed by atoms with Gasteiger partial charge < -0.3 is 14.7 Å². The van der Waals surface area contributed by atoms with Crippen LogP contribution in [-0.2, 0) is 11.4 Å². The standard InChI is InChI=1S/C9H12ClNO3/c1-13-9-3-6(5-11-14-2)8(12)4-7(9)10/h3-4,11-12H,5H2,1-2H3. The van der Waals surface area contributed by atoms with E-state index >= 15 is 0 Å². The molecule has 0 unspecified atom stereocenters. The summed E-state index contributed by atoms with van der Waals surface area (Å²) >= 11 is 5.80. The number of methoxy groups -OCH3 is 1. The molecule has 5 heteroatoms. The van der Waals surface area contributed by atoms with Gasteiger partial charge >= 0.3 is 0 Å². The number of aromatic hydroxyl groups is 1. The molecular formula is C9H12ClNO3. The number of benzene rings is 1. The van der Waals surface area contributed by atoms with Gasteiger partial charge in [0, 0.05) is 18.2 Å². The summed E-state index contributed by atoms with van der Waals surface area (Å²) in [4.78, 5) is 4.67. The third kappa shape index (κ3) is 2.51. The third-order valence-electron chi connectivity index (χ3n) is 1.76. The third-order valence-corrected chi connectivity index (χ3v) is 2.06. The number of phenolic OH excluding ortho intramolecular Hbond substituents is 1. The second kappa shape index (κ2) is 5.05. The van der Waals surface area contributed by atoms with Crippen molar-refractivity contribution in [3.63, 3.8) is 0 Å². The molecule has 0 radical (unpaired) electrons. The zero-order valence-electron chi connectivity index (χ0n) is 8.00. The highest BCUT2D eigenvalue weighted by Crippen LogP contribution is 2.31. The number of nitrogens with one attached hydrogen (secondary N) is 1. The Kier molecular flexibility index (Phi) is 4.00. The van der Waals surface area contributed by atoms with Crippen LogP contribution in [-0.4, -0.2) is 19.3 Å². The molecule has 0 heterocycles. The molecule has 1 aromatic carbocycles. The normalized spacial score (nSPS) is 10.2. The van der Waals surface area contributed by atoms with E-state index in [-0.39, 0.29) is 5.75 Å². The summed E-state index contributed by atoms with van der Waals surface area (Å²) in [5.74, 6) is 0.637. The Labute approximate surface area is 87.4 Å². The lowest BCUT2D eigenvalue weighted by molar-refractivity contribution is 0.0861. The summed E-state index contributed by atoms with van der Waals surface area (Å²) in [5.41, 5.74) is 3.28. The Hall–Kier alpha value is -0.970. The Morgan fingerprint density at radius 3 is 2.71 bits per heavy atom. The van der Waals surface area contributed by atoms with Crippen LogP contribution in [0.1, 0.15) is 5.56 Å². The molecule has 0 spiro atoms. The van der Waals surface area contributed by atoms with E-state index in [1.807, 2.05) is 0 Å². The topological polar surface area (TPSA) is 50.7 Å². The number of hydroxylamine groups is 1. The van der Waals surface area contributed by atoms with Crippen molar-refractivity contribution in [3.8, 4) is 11.5 Å². The minimum absolute atomic E-state index is 0.111. The molecule has 0 bridgehead atoms. The molecule has 1 aromatic rings. The van der Waals surface area contributed by atoms with Gasteiger partial charge in [0.25, 0.3) is 0 Å². The first kappa shape index (κ1) is 11.1. The maximum absolute atomic E-state index is 9.50. The van der Waals surface area contributed by atoms with E-state index in [0.717, 1.165) is 0 Å². The number of phenols is 1. The largest absolute Gasteiger partial charge is 0.508 e. The fourth-order valence-electron chi connectivity index (χ4n) is 1.03. The van der Waals surface area contributed by atoms with E-state index in [0.29, 0.717) is 22.9 Å². The Morgan fingerprint density at radius 1 is 1.43 bits per heavy atom. The molecular weight excluding hydrogens is 206 g/mol.